The normalized spacial score (nSPS) is 19.0. The summed E-state index contributed by atoms with van der Waals surface area (Å²) in [6, 6.07) is 6.97. The number of hydrogen-bond acceptors (Lipinski definition) is 6. The second-order valence-electron chi connectivity index (χ2n) is 9.44. The Morgan fingerprint density at radius 2 is 1.74 bits per heavy atom. The number of benzene rings is 1. The standard InChI is InChI=1S/C24H34F3N4O4/c1-28(2)12-13-29-14-17-31(18-15-29,35-23(34)24(25,26)27)16-6-5-11-30-20-8-4-3-7-19(20)21(32)9-10-22(30)33/h3-4,7-8H,5-6,9-18H2,1-2H3/q+1. The van der Waals surface area contributed by atoms with Crippen LogP contribution in [-0.2, 0) is 14.4 Å². The maximum Gasteiger partial charge on any atom is 0.497 e. The lowest BCUT2D eigenvalue weighted by Crippen LogP contribution is -2.61. The maximum absolute atomic E-state index is 13.0. The molecule has 0 bridgehead atoms. The van der Waals surface area contributed by atoms with Gasteiger partial charge < -0.3 is 9.80 Å². The number of fused-ring (bicyclic) bond motifs is 1. The van der Waals surface area contributed by atoms with E-state index in [1.165, 1.54) is 0 Å². The molecule has 0 saturated carbocycles. The van der Waals surface area contributed by atoms with Crippen LogP contribution in [-0.4, -0.2) is 105 Å². The molecule has 2 heterocycles. The molecule has 1 amide bonds. The summed E-state index contributed by atoms with van der Waals surface area (Å²) in [4.78, 5) is 47.5. The summed E-state index contributed by atoms with van der Waals surface area (Å²) in [5.74, 6) is -2.40. The Kier molecular flexibility index (Phi) is 8.89. The molecule has 1 aromatic rings. The maximum atomic E-state index is 13.0. The smallest absolute Gasteiger partial charge is 0.312 e. The lowest BCUT2D eigenvalue weighted by Gasteiger charge is -2.41. The molecule has 0 aliphatic carbocycles. The summed E-state index contributed by atoms with van der Waals surface area (Å²) in [5, 5.41) is 0. The Balaban J connectivity index is 1.62. The Morgan fingerprint density at radius 3 is 2.40 bits per heavy atom. The molecule has 1 aromatic carbocycles. The average molecular weight is 500 g/mol. The topological polar surface area (TPSA) is 70.2 Å². The predicted octanol–water partition coefficient (Wildman–Crippen LogP) is 2.49. The highest BCUT2D eigenvalue weighted by Gasteiger charge is 2.48. The van der Waals surface area contributed by atoms with Crippen molar-refractivity contribution in [2.24, 2.45) is 0 Å². The number of amides is 1. The number of Topliss-reactive ketones (excluding diaryl/α,β-unsaturated/α-hetero) is 1. The Hall–Kier alpha value is -2.50. The molecule has 1 saturated heterocycles. The van der Waals surface area contributed by atoms with Gasteiger partial charge in [-0.2, -0.15) is 13.2 Å². The predicted molar refractivity (Wildman–Crippen MR) is 124 cm³/mol. The SMILES string of the molecule is CN(C)CCN1CC[N+](CCCCN2C(=O)CCC(=O)c3ccccc32)(OC(=O)C(F)(F)F)CC1. The van der Waals surface area contributed by atoms with E-state index in [0.29, 0.717) is 43.7 Å². The van der Waals surface area contributed by atoms with Crippen molar-refractivity contribution in [1.29, 1.82) is 0 Å². The molecule has 0 aromatic heterocycles. The van der Waals surface area contributed by atoms with Crippen molar-refractivity contribution in [3.05, 3.63) is 29.8 Å². The summed E-state index contributed by atoms with van der Waals surface area (Å²) in [6.07, 6.45) is -3.81. The van der Waals surface area contributed by atoms with Crippen molar-refractivity contribution in [3.8, 4) is 0 Å². The van der Waals surface area contributed by atoms with Crippen LogP contribution in [0.4, 0.5) is 18.9 Å². The van der Waals surface area contributed by atoms with Gasteiger partial charge in [-0.05, 0) is 32.6 Å². The fourth-order valence-electron chi connectivity index (χ4n) is 4.51. The molecule has 35 heavy (non-hydrogen) atoms. The van der Waals surface area contributed by atoms with Gasteiger partial charge in [0.2, 0.25) is 5.91 Å². The molecule has 2 aliphatic rings. The number of likely N-dealkylation sites (N-methyl/N-ethyl adjacent to an activating group) is 1. The Bertz CT molecular complexity index is 914. The van der Waals surface area contributed by atoms with Crippen LogP contribution in [0, 0.1) is 0 Å². The van der Waals surface area contributed by atoms with Crippen molar-refractivity contribution < 1.29 is 37.0 Å². The van der Waals surface area contributed by atoms with E-state index in [-0.39, 0.29) is 48.8 Å². The molecular weight excluding hydrogens is 465 g/mol. The number of alkyl halides is 3. The van der Waals surface area contributed by atoms with E-state index >= 15 is 0 Å². The van der Waals surface area contributed by atoms with Crippen LogP contribution in [0.3, 0.4) is 0 Å². The summed E-state index contributed by atoms with van der Waals surface area (Å²) in [6.45, 7) is 3.78. The number of unbranched alkanes of at least 4 members (excludes halogenated alkanes) is 1. The van der Waals surface area contributed by atoms with Crippen LogP contribution in [0.2, 0.25) is 0 Å². The van der Waals surface area contributed by atoms with Crippen LogP contribution in [0.5, 0.6) is 0 Å². The van der Waals surface area contributed by atoms with Crippen molar-refractivity contribution >= 4 is 23.3 Å². The first kappa shape index (κ1) is 27.1. The summed E-state index contributed by atoms with van der Waals surface area (Å²) in [7, 11) is 3.91. The van der Waals surface area contributed by atoms with Gasteiger partial charge in [-0.1, -0.05) is 12.1 Å². The summed E-state index contributed by atoms with van der Waals surface area (Å²) >= 11 is 0. The minimum atomic E-state index is -5.05. The van der Waals surface area contributed by atoms with Gasteiger partial charge in [0.25, 0.3) is 0 Å². The Labute approximate surface area is 203 Å². The number of hydroxylamine groups is 3. The number of para-hydroxylation sites is 1. The molecule has 2 aliphatic heterocycles. The average Bonchev–Trinajstić information content (AvgIpc) is 2.92. The van der Waals surface area contributed by atoms with Crippen molar-refractivity contribution in [1.82, 2.24) is 9.80 Å². The first-order chi connectivity index (χ1) is 16.5. The molecular formula is C24H34F3N4O4+. The highest BCUT2D eigenvalue weighted by Crippen LogP contribution is 2.28. The number of carbonyl (C=O) groups is 3. The first-order valence-electron chi connectivity index (χ1n) is 12.0. The second-order valence-corrected chi connectivity index (χ2v) is 9.44. The number of piperazine rings is 1. The molecule has 11 heteroatoms. The van der Waals surface area contributed by atoms with Crippen LogP contribution in [0.1, 0.15) is 36.0 Å². The largest absolute Gasteiger partial charge is 0.497 e. The van der Waals surface area contributed by atoms with Gasteiger partial charge in [-0.15, -0.1) is 4.65 Å². The van der Waals surface area contributed by atoms with Crippen molar-refractivity contribution in [2.75, 3.05) is 71.4 Å². The summed E-state index contributed by atoms with van der Waals surface area (Å²) in [5.41, 5.74) is 1.08. The first-order valence-corrected chi connectivity index (χ1v) is 12.0. The van der Waals surface area contributed by atoms with Gasteiger partial charge in [0, 0.05) is 44.5 Å². The molecule has 194 valence electrons. The third kappa shape index (κ3) is 7.25. The van der Waals surface area contributed by atoms with Gasteiger partial charge in [-0.3, -0.25) is 19.3 Å². The van der Waals surface area contributed by atoms with Crippen LogP contribution >= 0.6 is 0 Å². The molecule has 1 fully saturated rings. The van der Waals surface area contributed by atoms with Crippen molar-refractivity contribution in [3.63, 3.8) is 0 Å². The molecule has 8 nitrogen and oxygen atoms in total. The quantitative estimate of drug-likeness (QED) is 0.384. The minimum absolute atomic E-state index is 0.0767. The van der Waals surface area contributed by atoms with Crippen LogP contribution in [0.15, 0.2) is 24.3 Å². The number of nitrogens with zero attached hydrogens (tertiary/aromatic N) is 4. The molecule has 0 N–H and O–H groups in total. The zero-order chi connectivity index (χ0) is 25.6. The zero-order valence-electron chi connectivity index (χ0n) is 20.4. The van der Waals surface area contributed by atoms with Crippen LogP contribution < -0.4 is 4.90 Å². The Morgan fingerprint density at radius 1 is 1.06 bits per heavy atom. The van der Waals surface area contributed by atoms with E-state index in [0.717, 1.165) is 13.1 Å². The van der Waals surface area contributed by atoms with E-state index in [9.17, 15) is 27.6 Å². The second kappa shape index (κ2) is 11.5. The number of rotatable bonds is 9. The third-order valence-electron chi connectivity index (χ3n) is 6.58. The number of carbonyl (C=O) groups excluding carboxylic acids is 3. The lowest BCUT2D eigenvalue weighted by molar-refractivity contribution is -1.09. The zero-order valence-corrected chi connectivity index (χ0v) is 20.4. The molecule has 0 spiro atoms. The van der Waals surface area contributed by atoms with E-state index in [2.05, 4.69) is 4.90 Å². The van der Waals surface area contributed by atoms with E-state index in [4.69, 9.17) is 4.84 Å². The van der Waals surface area contributed by atoms with Gasteiger partial charge >= 0.3 is 12.1 Å². The van der Waals surface area contributed by atoms with E-state index in [1.54, 1.807) is 29.2 Å². The monoisotopic (exact) mass is 499 g/mol. The van der Waals surface area contributed by atoms with Gasteiger partial charge in [0.05, 0.1) is 18.8 Å². The van der Waals surface area contributed by atoms with Gasteiger partial charge in [0.15, 0.2) is 5.78 Å². The fraction of sp³-hybridized carbons (Fsp3) is 0.625. The number of ketones is 1. The highest BCUT2D eigenvalue weighted by atomic mass is 19.4. The highest BCUT2D eigenvalue weighted by molar-refractivity contribution is 6.10. The molecule has 0 unspecified atom stereocenters. The number of halogens is 3. The summed E-state index contributed by atoms with van der Waals surface area (Å²) < 4.78 is 38.5. The number of anilines is 1. The van der Waals surface area contributed by atoms with Gasteiger partial charge in [-0.25, -0.2) is 4.79 Å². The van der Waals surface area contributed by atoms with E-state index < -0.39 is 12.1 Å². The molecule has 0 atom stereocenters. The molecule has 0 radical (unpaired) electrons. The number of quaternary nitrogens is 1. The molecule has 3 rings (SSSR count). The lowest BCUT2D eigenvalue weighted by atomic mass is 10.1. The fourth-order valence-corrected chi connectivity index (χ4v) is 4.51. The van der Waals surface area contributed by atoms with Crippen LogP contribution in [0.25, 0.3) is 0 Å². The van der Waals surface area contributed by atoms with Gasteiger partial charge in [0.1, 0.15) is 19.6 Å². The minimum Gasteiger partial charge on any atom is -0.312 e. The number of hydrogen-bond donors (Lipinski definition) is 0. The third-order valence-corrected chi connectivity index (χ3v) is 6.58. The van der Waals surface area contributed by atoms with Crippen molar-refractivity contribution in [2.45, 2.75) is 31.9 Å². The van der Waals surface area contributed by atoms with E-state index in [1.807, 2.05) is 19.0 Å².